The zero-order chi connectivity index (χ0) is 12.9. The van der Waals surface area contributed by atoms with Crippen LogP contribution in [0.25, 0.3) is 0 Å². The van der Waals surface area contributed by atoms with Crippen molar-refractivity contribution >= 4 is 11.9 Å². The molecule has 96 valence electrons. The van der Waals surface area contributed by atoms with E-state index in [1.165, 1.54) is 0 Å². The number of nitrogens with one attached hydrogen (secondary N) is 1. The van der Waals surface area contributed by atoms with Crippen LogP contribution in [0.4, 0.5) is 0 Å². The highest BCUT2D eigenvalue weighted by atomic mass is 16.4. The lowest BCUT2D eigenvalue weighted by Gasteiger charge is -2.37. The summed E-state index contributed by atoms with van der Waals surface area (Å²) in [5.41, 5.74) is 0.103. The van der Waals surface area contributed by atoms with Crippen LogP contribution in [-0.4, -0.2) is 22.5 Å². The van der Waals surface area contributed by atoms with Crippen LogP contribution in [0.1, 0.15) is 52.4 Å². The maximum Gasteiger partial charge on any atom is 0.305 e. The van der Waals surface area contributed by atoms with Crippen molar-refractivity contribution in [3.8, 4) is 0 Å². The highest BCUT2D eigenvalue weighted by molar-refractivity contribution is 5.93. The Hall–Kier alpha value is -1.32. The third-order valence-electron chi connectivity index (χ3n) is 3.47. The summed E-state index contributed by atoms with van der Waals surface area (Å²) in [4.78, 5) is 22.8. The van der Waals surface area contributed by atoms with E-state index in [0.717, 1.165) is 32.1 Å². The fourth-order valence-corrected chi connectivity index (χ4v) is 2.33. The van der Waals surface area contributed by atoms with Crippen molar-refractivity contribution < 1.29 is 14.7 Å². The quantitative estimate of drug-likeness (QED) is 0.739. The van der Waals surface area contributed by atoms with Gasteiger partial charge in [0.05, 0.1) is 12.0 Å². The molecule has 0 spiro atoms. The molecule has 1 fully saturated rings. The van der Waals surface area contributed by atoms with Crippen LogP contribution in [0, 0.1) is 0 Å². The molecule has 17 heavy (non-hydrogen) atoms. The number of rotatable bonds is 4. The molecule has 0 heterocycles. The fourth-order valence-electron chi connectivity index (χ4n) is 2.33. The lowest BCUT2D eigenvalue weighted by Crippen LogP contribution is -2.51. The van der Waals surface area contributed by atoms with E-state index in [4.69, 9.17) is 5.11 Å². The molecule has 0 unspecified atom stereocenters. The van der Waals surface area contributed by atoms with E-state index in [0.29, 0.717) is 5.57 Å². The van der Waals surface area contributed by atoms with Gasteiger partial charge < -0.3 is 10.4 Å². The van der Waals surface area contributed by atoms with Gasteiger partial charge >= 0.3 is 5.97 Å². The van der Waals surface area contributed by atoms with Crippen molar-refractivity contribution in [1.29, 1.82) is 0 Å². The number of hydrogen-bond acceptors (Lipinski definition) is 2. The lowest BCUT2D eigenvalue weighted by molar-refractivity contribution is -0.139. The number of hydrogen-bond donors (Lipinski definition) is 2. The van der Waals surface area contributed by atoms with Crippen LogP contribution in [-0.2, 0) is 9.59 Å². The van der Waals surface area contributed by atoms with Crippen LogP contribution in [0.3, 0.4) is 0 Å². The molecular weight excluding hydrogens is 218 g/mol. The van der Waals surface area contributed by atoms with Crippen LogP contribution in [0.15, 0.2) is 11.6 Å². The summed E-state index contributed by atoms with van der Waals surface area (Å²) in [6.07, 6.45) is 6.40. The zero-order valence-electron chi connectivity index (χ0n) is 10.6. The molecule has 0 radical (unpaired) electrons. The Morgan fingerprint density at radius 2 is 1.88 bits per heavy atom. The predicted octanol–water partition coefficient (Wildman–Crippen LogP) is 2.25. The second-order valence-electron chi connectivity index (χ2n) is 4.84. The summed E-state index contributed by atoms with van der Waals surface area (Å²) in [5, 5.41) is 11.9. The molecule has 0 atom stereocenters. The number of carboxylic acids is 1. The van der Waals surface area contributed by atoms with Gasteiger partial charge in [-0.25, -0.2) is 0 Å². The van der Waals surface area contributed by atoms with Gasteiger partial charge in [0.2, 0.25) is 5.91 Å². The summed E-state index contributed by atoms with van der Waals surface area (Å²) < 4.78 is 0. The normalized spacial score (nSPS) is 19.8. The fraction of sp³-hybridized carbons (Fsp3) is 0.692. The largest absolute Gasteiger partial charge is 0.481 e. The summed E-state index contributed by atoms with van der Waals surface area (Å²) >= 11 is 0. The molecular formula is C13H21NO3. The van der Waals surface area contributed by atoms with Crippen LogP contribution < -0.4 is 5.32 Å². The van der Waals surface area contributed by atoms with E-state index in [1.54, 1.807) is 19.9 Å². The minimum Gasteiger partial charge on any atom is -0.481 e. The van der Waals surface area contributed by atoms with Crippen LogP contribution in [0.2, 0.25) is 0 Å². The minimum absolute atomic E-state index is 0.0235. The van der Waals surface area contributed by atoms with E-state index in [1.807, 2.05) is 0 Å². The number of carbonyl (C=O) groups is 2. The van der Waals surface area contributed by atoms with Gasteiger partial charge in [-0.2, -0.15) is 0 Å². The van der Waals surface area contributed by atoms with Crippen molar-refractivity contribution in [3.63, 3.8) is 0 Å². The van der Waals surface area contributed by atoms with E-state index < -0.39 is 11.5 Å². The van der Waals surface area contributed by atoms with Crippen LogP contribution in [0.5, 0.6) is 0 Å². The third kappa shape index (κ3) is 3.88. The van der Waals surface area contributed by atoms with E-state index in [-0.39, 0.29) is 12.3 Å². The Balaban J connectivity index is 2.76. The number of carbonyl (C=O) groups excluding carboxylic acids is 1. The maximum absolute atomic E-state index is 11.9. The lowest BCUT2D eigenvalue weighted by atomic mass is 9.79. The first-order valence-electron chi connectivity index (χ1n) is 6.16. The highest BCUT2D eigenvalue weighted by Gasteiger charge is 2.35. The van der Waals surface area contributed by atoms with Gasteiger partial charge in [-0.1, -0.05) is 25.3 Å². The van der Waals surface area contributed by atoms with Gasteiger partial charge in [-0.15, -0.1) is 0 Å². The topological polar surface area (TPSA) is 66.4 Å². The Labute approximate surface area is 102 Å². The molecule has 4 nitrogen and oxygen atoms in total. The highest BCUT2D eigenvalue weighted by Crippen LogP contribution is 2.31. The Morgan fingerprint density at radius 1 is 1.29 bits per heavy atom. The maximum atomic E-state index is 11.9. The standard InChI is InChI=1S/C13H21NO3/c1-3-10(2)12(17)14-13(9-11(15)16)7-5-4-6-8-13/h3H,4-9H2,1-2H3,(H,14,17)(H,15,16)/b10-3-. The van der Waals surface area contributed by atoms with Crippen molar-refractivity contribution in [1.82, 2.24) is 5.32 Å². The van der Waals surface area contributed by atoms with Gasteiger partial charge in [0, 0.05) is 5.57 Å². The molecule has 2 N–H and O–H groups in total. The van der Waals surface area contributed by atoms with Crippen LogP contribution >= 0.6 is 0 Å². The molecule has 1 aliphatic carbocycles. The molecule has 1 amide bonds. The summed E-state index contributed by atoms with van der Waals surface area (Å²) in [6, 6.07) is 0. The summed E-state index contributed by atoms with van der Waals surface area (Å²) in [5.74, 6) is -0.985. The zero-order valence-corrected chi connectivity index (χ0v) is 10.6. The van der Waals surface area contributed by atoms with Gasteiger partial charge in [0.25, 0.3) is 0 Å². The van der Waals surface area contributed by atoms with Crippen molar-refractivity contribution in [2.45, 2.75) is 57.9 Å². The smallest absolute Gasteiger partial charge is 0.305 e. The molecule has 0 aromatic heterocycles. The second kappa shape index (κ2) is 5.84. The monoisotopic (exact) mass is 239 g/mol. The number of aliphatic carboxylic acids is 1. The first-order chi connectivity index (χ1) is 7.99. The first kappa shape index (κ1) is 13.7. The SMILES string of the molecule is C/C=C(/C)C(=O)NC1(CC(=O)O)CCCCC1. The molecule has 0 aromatic rings. The van der Waals surface area contributed by atoms with Gasteiger partial charge in [-0.3, -0.25) is 9.59 Å². The molecule has 0 aromatic carbocycles. The third-order valence-corrected chi connectivity index (χ3v) is 3.47. The average molecular weight is 239 g/mol. The average Bonchev–Trinajstić information content (AvgIpc) is 2.27. The molecule has 1 aliphatic rings. The summed E-state index contributed by atoms with van der Waals surface area (Å²) in [7, 11) is 0. The Kier molecular flexibility index (Phi) is 4.73. The first-order valence-corrected chi connectivity index (χ1v) is 6.16. The number of allylic oxidation sites excluding steroid dienone is 1. The van der Waals surface area contributed by atoms with Gasteiger partial charge in [0.1, 0.15) is 0 Å². The van der Waals surface area contributed by atoms with Gasteiger partial charge in [-0.05, 0) is 26.7 Å². The minimum atomic E-state index is -0.842. The molecule has 0 aliphatic heterocycles. The van der Waals surface area contributed by atoms with Gasteiger partial charge in [0.15, 0.2) is 0 Å². The Bertz CT molecular complexity index is 328. The molecule has 1 rings (SSSR count). The van der Waals surface area contributed by atoms with Crippen molar-refractivity contribution in [3.05, 3.63) is 11.6 Å². The predicted molar refractivity (Wildman–Crippen MR) is 65.6 cm³/mol. The summed E-state index contributed by atoms with van der Waals surface area (Å²) in [6.45, 7) is 3.55. The molecule has 1 saturated carbocycles. The van der Waals surface area contributed by atoms with E-state index >= 15 is 0 Å². The molecule has 0 bridgehead atoms. The van der Waals surface area contributed by atoms with E-state index in [2.05, 4.69) is 5.32 Å². The van der Waals surface area contributed by atoms with Crippen molar-refractivity contribution in [2.75, 3.05) is 0 Å². The number of carboxylic acid groups (broad SMARTS) is 1. The van der Waals surface area contributed by atoms with Crippen molar-refractivity contribution in [2.24, 2.45) is 0 Å². The molecule has 4 heteroatoms. The number of amides is 1. The molecule has 0 saturated heterocycles. The van der Waals surface area contributed by atoms with E-state index in [9.17, 15) is 9.59 Å². The second-order valence-corrected chi connectivity index (χ2v) is 4.84. The Morgan fingerprint density at radius 3 is 2.35 bits per heavy atom.